The molecule has 1 aromatic heterocycles. The van der Waals surface area contributed by atoms with E-state index in [0.717, 1.165) is 19.4 Å². The van der Waals surface area contributed by atoms with Crippen LogP contribution in [0.25, 0.3) is 0 Å². The molecule has 1 aromatic rings. The first-order valence-corrected chi connectivity index (χ1v) is 7.55. The molecule has 1 heterocycles. The molecule has 16 heavy (non-hydrogen) atoms. The van der Waals surface area contributed by atoms with Gasteiger partial charge in [-0.3, -0.25) is 4.79 Å². The molecule has 1 N–H and O–H groups in total. The Kier molecular flexibility index (Phi) is 6.57. The van der Waals surface area contributed by atoms with Crippen molar-refractivity contribution < 1.29 is 4.79 Å². The minimum absolute atomic E-state index is 0.144. The Bertz CT molecular complexity index is 294. The van der Waals surface area contributed by atoms with Gasteiger partial charge in [0.05, 0.1) is 9.96 Å². The van der Waals surface area contributed by atoms with E-state index in [0.29, 0.717) is 11.7 Å². The second-order valence-corrected chi connectivity index (χ2v) is 5.93. The molecule has 4 heteroatoms. The van der Waals surface area contributed by atoms with E-state index in [9.17, 15) is 4.79 Å². The van der Waals surface area contributed by atoms with Gasteiger partial charge >= 0.3 is 0 Å². The smallest absolute Gasteiger partial charge is 0.230 e. The molecule has 0 atom stereocenters. The average Bonchev–Trinajstić information content (AvgIpc) is 2.80. The number of carbonyl (C=O) groups excluding carboxylic acids is 1. The van der Waals surface area contributed by atoms with Crippen molar-refractivity contribution in [3.05, 3.63) is 17.5 Å². The zero-order valence-electron chi connectivity index (χ0n) is 9.86. The lowest BCUT2D eigenvalue weighted by Gasteiger charge is -2.12. The molecule has 0 aromatic carbocycles. The molecule has 0 aliphatic heterocycles. The Hall–Kier alpha value is -0.480. The minimum atomic E-state index is 0.144. The maximum absolute atomic E-state index is 11.5. The Morgan fingerprint density at radius 2 is 2.25 bits per heavy atom. The number of carbonyl (C=O) groups is 1. The monoisotopic (exact) mass is 257 g/mol. The van der Waals surface area contributed by atoms with E-state index in [2.05, 4.69) is 19.2 Å². The molecular weight excluding hydrogens is 238 g/mol. The fourth-order valence-electron chi connectivity index (χ4n) is 1.37. The van der Waals surface area contributed by atoms with Gasteiger partial charge in [0.2, 0.25) is 5.91 Å². The molecule has 0 spiro atoms. The van der Waals surface area contributed by atoms with Crippen LogP contribution in [-0.4, -0.2) is 18.2 Å². The number of hydrogen-bond acceptors (Lipinski definition) is 3. The van der Waals surface area contributed by atoms with E-state index in [1.54, 1.807) is 23.1 Å². The minimum Gasteiger partial charge on any atom is -0.355 e. The summed E-state index contributed by atoms with van der Waals surface area (Å²) in [6.07, 6.45) is 2.27. The van der Waals surface area contributed by atoms with Gasteiger partial charge in [0.25, 0.3) is 0 Å². The Morgan fingerprint density at radius 3 is 2.81 bits per heavy atom. The molecule has 0 aliphatic carbocycles. The molecule has 0 aliphatic rings. The van der Waals surface area contributed by atoms with Gasteiger partial charge in [-0.05, 0) is 17.4 Å². The van der Waals surface area contributed by atoms with Gasteiger partial charge in [0.15, 0.2) is 0 Å². The predicted octanol–water partition coefficient (Wildman–Crippen LogP) is 3.39. The lowest BCUT2D eigenvalue weighted by Crippen LogP contribution is -2.30. The Morgan fingerprint density at radius 1 is 1.50 bits per heavy atom. The summed E-state index contributed by atoms with van der Waals surface area (Å²) < 4.78 is 1.21. The van der Waals surface area contributed by atoms with Gasteiger partial charge in [-0.2, -0.15) is 0 Å². The van der Waals surface area contributed by atoms with Crippen molar-refractivity contribution in [1.29, 1.82) is 0 Å². The summed E-state index contributed by atoms with van der Waals surface area (Å²) in [6.45, 7) is 5.15. The molecule has 0 saturated heterocycles. The highest BCUT2D eigenvalue weighted by Gasteiger charge is 2.07. The van der Waals surface area contributed by atoms with Crippen molar-refractivity contribution in [2.24, 2.45) is 5.92 Å². The third kappa shape index (κ3) is 5.03. The largest absolute Gasteiger partial charge is 0.355 e. The average molecular weight is 257 g/mol. The second kappa shape index (κ2) is 7.74. The van der Waals surface area contributed by atoms with Gasteiger partial charge in [0.1, 0.15) is 0 Å². The fraction of sp³-hybridized carbons (Fsp3) is 0.583. The van der Waals surface area contributed by atoms with E-state index in [4.69, 9.17) is 0 Å². The summed E-state index contributed by atoms with van der Waals surface area (Å²) in [4.78, 5) is 11.5. The zero-order valence-corrected chi connectivity index (χ0v) is 11.5. The van der Waals surface area contributed by atoms with E-state index >= 15 is 0 Å². The first kappa shape index (κ1) is 13.6. The van der Waals surface area contributed by atoms with Crippen LogP contribution in [0.3, 0.4) is 0 Å². The van der Waals surface area contributed by atoms with E-state index in [-0.39, 0.29) is 5.91 Å². The van der Waals surface area contributed by atoms with Crippen LogP contribution in [0, 0.1) is 5.92 Å². The maximum Gasteiger partial charge on any atom is 0.230 e. The highest BCUT2D eigenvalue weighted by atomic mass is 32.2. The van der Waals surface area contributed by atoms with E-state index < -0.39 is 0 Å². The second-order valence-electron chi connectivity index (χ2n) is 3.71. The lowest BCUT2D eigenvalue weighted by atomic mass is 10.0. The Balaban J connectivity index is 2.16. The van der Waals surface area contributed by atoms with Crippen molar-refractivity contribution in [3.63, 3.8) is 0 Å². The van der Waals surface area contributed by atoms with Gasteiger partial charge in [-0.25, -0.2) is 0 Å². The van der Waals surface area contributed by atoms with Crippen molar-refractivity contribution in [3.8, 4) is 0 Å². The molecule has 1 rings (SSSR count). The summed E-state index contributed by atoms with van der Waals surface area (Å²) in [5.74, 6) is 1.29. The number of hydrogen-bond donors (Lipinski definition) is 1. The quantitative estimate of drug-likeness (QED) is 0.759. The topological polar surface area (TPSA) is 29.1 Å². The summed E-state index contributed by atoms with van der Waals surface area (Å²) in [5, 5.41) is 5.02. The number of amides is 1. The van der Waals surface area contributed by atoms with Crippen LogP contribution >= 0.6 is 23.1 Å². The molecule has 0 radical (unpaired) electrons. The van der Waals surface area contributed by atoms with E-state index in [1.165, 1.54) is 4.21 Å². The highest BCUT2D eigenvalue weighted by Crippen LogP contribution is 2.22. The van der Waals surface area contributed by atoms with Gasteiger partial charge in [0, 0.05) is 6.54 Å². The molecular formula is C12H19NOS2. The Labute approximate surface area is 106 Å². The molecule has 0 fully saturated rings. The summed E-state index contributed by atoms with van der Waals surface area (Å²) in [5.41, 5.74) is 0. The molecule has 0 unspecified atom stereocenters. The molecule has 1 amide bonds. The normalized spacial score (nSPS) is 10.7. The van der Waals surface area contributed by atoms with Crippen LogP contribution in [0.2, 0.25) is 0 Å². The van der Waals surface area contributed by atoms with Crippen molar-refractivity contribution in [2.75, 3.05) is 12.3 Å². The zero-order chi connectivity index (χ0) is 11.8. The van der Waals surface area contributed by atoms with Crippen LogP contribution in [0.1, 0.15) is 26.7 Å². The van der Waals surface area contributed by atoms with Crippen LogP contribution in [0.15, 0.2) is 21.7 Å². The molecule has 2 nitrogen and oxygen atoms in total. The number of nitrogens with one attached hydrogen (secondary N) is 1. The lowest BCUT2D eigenvalue weighted by molar-refractivity contribution is -0.118. The third-order valence-electron chi connectivity index (χ3n) is 2.58. The van der Waals surface area contributed by atoms with Gasteiger partial charge in [-0.1, -0.05) is 32.8 Å². The number of thiophene rings is 1. The first-order valence-electron chi connectivity index (χ1n) is 5.69. The summed E-state index contributed by atoms with van der Waals surface area (Å²) >= 11 is 3.29. The highest BCUT2D eigenvalue weighted by molar-refractivity contribution is 8.01. The van der Waals surface area contributed by atoms with Crippen LogP contribution < -0.4 is 5.32 Å². The van der Waals surface area contributed by atoms with E-state index in [1.807, 2.05) is 17.5 Å². The van der Waals surface area contributed by atoms with Crippen molar-refractivity contribution in [2.45, 2.75) is 30.9 Å². The van der Waals surface area contributed by atoms with Gasteiger partial charge < -0.3 is 5.32 Å². The molecule has 90 valence electrons. The third-order valence-corrected chi connectivity index (χ3v) is 4.71. The molecule has 0 saturated carbocycles. The summed E-state index contributed by atoms with van der Waals surface area (Å²) in [6, 6.07) is 4.05. The van der Waals surface area contributed by atoms with Crippen LogP contribution in [0.5, 0.6) is 0 Å². The fourth-order valence-corrected chi connectivity index (χ4v) is 2.98. The first-order chi connectivity index (χ1) is 7.76. The summed E-state index contributed by atoms with van der Waals surface area (Å²) in [7, 11) is 0. The maximum atomic E-state index is 11.5. The SMILES string of the molecule is CCC(CC)CNC(=O)CSc1cccs1. The van der Waals surface area contributed by atoms with Crippen molar-refractivity contribution >= 4 is 29.0 Å². The van der Waals surface area contributed by atoms with Crippen LogP contribution in [0.4, 0.5) is 0 Å². The standard InChI is InChI=1S/C12H19NOS2/c1-3-10(4-2)8-13-11(14)9-16-12-6-5-7-15-12/h5-7,10H,3-4,8-9H2,1-2H3,(H,13,14). The predicted molar refractivity (Wildman–Crippen MR) is 72.1 cm³/mol. The van der Waals surface area contributed by atoms with Crippen LogP contribution in [-0.2, 0) is 4.79 Å². The molecule has 0 bridgehead atoms. The number of rotatable bonds is 7. The number of thioether (sulfide) groups is 1. The van der Waals surface area contributed by atoms with Gasteiger partial charge in [-0.15, -0.1) is 23.1 Å². The van der Waals surface area contributed by atoms with Crippen molar-refractivity contribution in [1.82, 2.24) is 5.32 Å².